The summed E-state index contributed by atoms with van der Waals surface area (Å²) in [6, 6.07) is 10.3. The van der Waals surface area contributed by atoms with Crippen molar-refractivity contribution >= 4 is 0 Å². The fourth-order valence-electron chi connectivity index (χ4n) is 1.92. The van der Waals surface area contributed by atoms with Gasteiger partial charge >= 0.3 is 0 Å². The normalized spacial score (nSPS) is 24.8. The zero-order valence-corrected chi connectivity index (χ0v) is 8.41. The minimum atomic E-state index is 0.0890. The summed E-state index contributed by atoms with van der Waals surface area (Å²) in [5.74, 6) is 0.449. The first-order chi connectivity index (χ1) is 7.40. The van der Waals surface area contributed by atoms with Gasteiger partial charge in [0.1, 0.15) is 0 Å². The molecule has 2 atom stereocenters. The second-order valence-electron chi connectivity index (χ2n) is 3.71. The first-order valence-corrected chi connectivity index (χ1v) is 5.07. The van der Waals surface area contributed by atoms with Gasteiger partial charge in [-0.05, 0) is 17.5 Å². The van der Waals surface area contributed by atoms with E-state index in [2.05, 4.69) is 22.2 Å². The fourth-order valence-corrected chi connectivity index (χ4v) is 1.92. The third kappa shape index (κ3) is 2.49. The summed E-state index contributed by atoms with van der Waals surface area (Å²) in [6.07, 6.45) is 1.04. The number of rotatable bonds is 3. The third-order valence-electron chi connectivity index (χ3n) is 2.70. The number of hydrogen-bond acceptors (Lipinski definition) is 2. The maximum atomic E-state index is 8.21. The van der Waals surface area contributed by atoms with Crippen LogP contribution in [-0.2, 0) is 4.74 Å². The van der Waals surface area contributed by atoms with Crippen molar-refractivity contribution in [3.63, 3.8) is 0 Å². The van der Waals surface area contributed by atoms with Gasteiger partial charge in [-0.2, -0.15) is 0 Å². The summed E-state index contributed by atoms with van der Waals surface area (Å²) >= 11 is 0. The Morgan fingerprint density at radius 3 is 2.93 bits per heavy atom. The van der Waals surface area contributed by atoms with Crippen molar-refractivity contribution in [2.75, 3.05) is 13.2 Å². The highest BCUT2D eigenvalue weighted by Crippen LogP contribution is 2.29. The first kappa shape index (κ1) is 10.0. The number of azide groups is 1. The second-order valence-corrected chi connectivity index (χ2v) is 3.71. The van der Waals surface area contributed by atoms with E-state index in [1.807, 2.05) is 18.2 Å². The third-order valence-corrected chi connectivity index (χ3v) is 2.70. The minimum absolute atomic E-state index is 0.0890. The van der Waals surface area contributed by atoms with Crippen molar-refractivity contribution in [2.24, 2.45) is 5.11 Å². The van der Waals surface area contributed by atoms with Gasteiger partial charge in [-0.3, -0.25) is 0 Å². The van der Waals surface area contributed by atoms with Crippen molar-refractivity contribution in [3.05, 3.63) is 46.3 Å². The van der Waals surface area contributed by atoms with Crippen LogP contribution in [0.5, 0.6) is 0 Å². The van der Waals surface area contributed by atoms with Crippen molar-refractivity contribution in [2.45, 2.75) is 18.4 Å². The number of benzene rings is 1. The Labute approximate surface area is 88.5 Å². The predicted molar refractivity (Wildman–Crippen MR) is 57.6 cm³/mol. The molecule has 2 unspecified atom stereocenters. The molecule has 0 amide bonds. The lowest BCUT2D eigenvalue weighted by Gasteiger charge is -2.07. The molecule has 4 nitrogen and oxygen atoms in total. The van der Waals surface area contributed by atoms with Crippen LogP contribution in [0.3, 0.4) is 0 Å². The lowest BCUT2D eigenvalue weighted by molar-refractivity contribution is 0.116. The van der Waals surface area contributed by atoms with Gasteiger partial charge in [0.05, 0.1) is 19.3 Å². The van der Waals surface area contributed by atoms with E-state index in [9.17, 15) is 0 Å². The zero-order valence-electron chi connectivity index (χ0n) is 8.41. The number of nitrogens with zero attached hydrogens (tertiary/aromatic N) is 3. The predicted octanol–water partition coefficient (Wildman–Crippen LogP) is 2.87. The van der Waals surface area contributed by atoms with Crippen molar-refractivity contribution in [1.82, 2.24) is 0 Å². The largest absolute Gasteiger partial charge is 0.377 e. The standard InChI is InChI=1S/C11H13N3O/c12-14-13-7-11-6-10(8-15-11)9-4-2-1-3-5-9/h1-5,10-11H,6-8H2. The molecule has 4 heteroatoms. The highest BCUT2D eigenvalue weighted by molar-refractivity contribution is 5.20. The van der Waals surface area contributed by atoms with E-state index >= 15 is 0 Å². The van der Waals surface area contributed by atoms with E-state index in [0.717, 1.165) is 13.0 Å². The Bertz CT molecular complexity index is 359. The molecule has 1 heterocycles. The Balaban J connectivity index is 1.95. The van der Waals surface area contributed by atoms with E-state index in [0.29, 0.717) is 12.5 Å². The molecule has 0 spiro atoms. The van der Waals surface area contributed by atoms with E-state index in [4.69, 9.17) is 10.3 Å². The minimum Gasteiger partial charge on any atom is -0.377 e. The molecule has 0 aliphatic carbocycles. The molecule has 2 rings (SSSR count). The Morgan fingerprint density at radius 1 is 1.40 bits per heavy atom. The molecule has 0 radical (unpaired) electrons. The number of hydrogen-bond donors (Lipinski definition) is 0. The van der Waals surface area contributed by atoms with Gasteiger partial charge < -0.3 is 4.74 Å². The van der Waals surface area contributed by atoms with Gasteiger partial charge in [0.15, 0.2) is 0 Å². The quantitative estimate of drug-likeness (QED) is 0.423. The summed E-state index contributed by atoms with van der Waals surface area (Å²) in [7, 11) is 0. The monoisotopic (exact) mass is 203 g/mol. The summed E-state index contributed by atoms with van der Waals surface area (Å²) in [5.41, 5.74) is 9.52. The highest BCUT2D eigenvalue weighted by atomic mass is 16.5. The van der Waals surface area contributed by atoms with Crippen LogP contribution < -0.4 is 0 Å². The van der Waals surface area contributed by atoms with E-state index < -0.39 is 0 Å². The molecular formula is C11H13N3O. The van der Waals surface area contributed by atoms with Crippen LogP contribution in [0.1, 0.15) is 17.9 Å². The molecule has 1 fully saturated rings. The molecule has 1 saturated heterocycles. The molecule has 1 aromatic carbocycles. The van der Waals surface area contributed by atoms with Crippen LogP contribution in [0.2, 0.25) is 0 Å². The summed E-state index contributed by atoms with van der Waals surface area (Å²) in [5, 5.41) is 3.54. The average molecular weight is 203 g/mol. The van der Waals surface area contributed by atoms with Crippen molar-refractivity contribution < 1.29 is 4.74 Å². The maximum absolute atomic E-state index is 8.21. The lowest BCUT2D eigenvalue weighted by Crippen LogP contribution is -2.08. The van der Waals surface area contributed by atoms with Crippen LogP contribution in [0.4, 0.5) is 0 Å². The molecule has 1 aromatic rings. The van der Waals surface area contributed by atoms with E-state index in [-0.39, 0.29) is 6.10 Å². The molecule has 0 N–H and O–H groups in total. The van der Waals surface area contributed by atoms with Crippen LogP contribution in [0, 0.1) is 0 Å². The zero-order chi connectivity index (χ0) is 10.5. The highest BCUT2D eigenvalue weighted by Gasteiger charge is 2.25. The van der Waals surface area contributed by atoms with Gasteiger partial charge in [-0.25, -0.2) is 0 Å². The van der Waals surface area contributed by atoms with Crippen LogP contribution in [0.25, 0.3) is 10.4 Å². The van der Waals surface area contributed by atoms with E-state index in [1.54, 1.807) is 0 Å². The maximum Gasteiger partial charge on any atom is 0.0638 e. The smallest absolute Gasteiger partial charge is 0.0638 e. The Hall–Kier alpha value is -1.51. The van der Waals surface area contributed by atoms with Gasteiger partial charge in [-0.15, -0.1) is 0 Å². The van der Waals surface area contributed by atoms with Gasteiger partial charge in [0.25, 0.3) is 0 Å². The molecule has 1 aliphatic heterocycles. The average Bonchev–Trinajstić information content (AvgIpc) is 2.76. The van der Waals surface area contributed by atoms with Crippen LogP contribution >= 0.6 is 0 Å². The molecule has 0 aromatic heterocycles. The van der Waals surface area contributed by atoms with Gasteiger partial charge in [0, 0.05) is 10.8 Å². The Kier molecular flexibility index (Phi) is 3.22. The number of ether oxygens (including phenoxy) is 1. The first-order valence-electron chi connectivity index (χ1n) is 5.07. The summed E-state index contributed by atoms with van der Waals surface area (Å²) < 4.78 is 5.56. The fraction of sp³-hybridized carbons (Fsp3) is 0.455. The van der Waals surface area contributed by atoms with E-state index in [1.165, 1.54) is 5.56 Å². The summed E-state index contributed by atoms with van der Waals surface area (Å²) in [6.45, 7) is 1.18. The second kappa shape index (κ2) is 4.82. The molecule has 0 saturated carbocycles. The summed E-state index contributed by atoms with van der Waals surface area (Å²) in [4.78, 5) is 2.74. The molecule has 78 valence electrons. The van der Waals surface area contributed by atoms with Crippen molar-refractivity contribution in [1.29, 1.82) is 0 Å². The topological polar surface area (TPSA) is 58.0 Å². The molecule has 15 heavy (non-hydrogen) atoms. The Morgan fingerprint density at radius 2 is 2.20 bits per heavy atom. The van der Waals surface area contributed by atoms with Crippen LogP contribution in [-0.4, -0.2) is 19.3 Å². The molecule has 1 aliphatic rings. The van der Waals surface area contributed by atoms with Crippen molar-refractivity contribution in [3.8, 4) is 0 Å². The van der Waals surface area contributed by atoms with Gasteiger partial charge in [0.2, 0.25) is 0 Å². The SMILES string of the molecule is [N-]=[N+]=NCC1CC(c2ccccc2)CO1. The van der Waals surface area contributed by atoms with Crippen LogP contribution in [0.15, 0.2) is 35.4 Å². The molecule has 0 bridgehead atoms. The van der Waals surface area contributed by atoms with Gasteiger partial charge in [-0.1, -0.05) is 35.4 Å². The molecular weight excluding hydrogens is 190 g/mol. The lowest BCUT2D eigenvalue weighted by atomic mass is 9.96.